The number of hydrogen-bond acceptors (Lipinski definition) is 1. The molecule has 0 atom stereocenters. The van der Waals surface area contributed by atoms with E-state index in [4.69, 9.17) is 11.6 Å². The Labute approximate surface area is 126 Å². The quantitative estimate of drug-likeness (QED) is 0.785. The van der Waals surface area contributed by atoms with Crippen LogP contribution in [0.4, 0.5) is 0 Å². The zero-order valence-electron chi connectivity index (χ0n) is 10.6. The lowest BCUT2D eigenvalue weighted by Gasteiger charge is -2.05. The van der Waals surface area contributed by atoms with Crippen molar-refractivity contribution in [2.75, 3.05) is 0 Å². The van der Waals surface area contributed by atoms with E-state index < -0.39 is 0 Å². The molecule has 0 fully saturated rings. The first-order chi connectivity index (χ1) is 9.04. The monoisotopic (exact) mass is 336 g/mol. The largest absolute Gasteiger partial charge is 0.299 e. The Morgan fingerprint density at radius 1 is 1.16 bits per heavy atom. The topological polar surface area (TPSA) is 17.1 Å². The summed E-state index contributed by atoms with van der Waals surface area (Å²) in [6.45, 7) is 1.99. The van der Waals surface area contributed by atoms with Crippen molar-refractivity contribution in [1.82, 2.24) is 0 Å². The van der Waals surface area contributed by atoms with Crippen molar-refractivity contribution < 1.29 is 4.79 Å². The highest BCUT2D eigenvalue weighted by molar-refractivity contribution is 9.10. The van der Waals surface area contributed by atoms with Gasteiger partial charge >= 0.3 is 0 Å². The van der Waals surface area contributed by atoms with Crippen molar-refractivity contribution in [3.8, 4) is 0 Å². The Bertz CT molecular complexity index is 607. The zero-order valence-corrected chi connectivity index (χ0v) is 13.0. The second-order valence-electron chi connectivity index (χ2n) is 4.62. The summed E-state index contributed by atoms with van der Waals surface area (Å²) in [5.74, 6) is 0.170. The molecule has 0 saturated heterocycles. The van der Waals surface area contributed by atoms with Crippen molar-refractivity contribution in [2.24, 2.45) is 0 Å². The van der Waals surface area contributed by atoms with Crippen LogP contribution in [-0.2, 0) is 17.6 Å². The molecular weight excluding hydrogens is 324 g/mol. The first-order valence-electron chi connectivity index (χ1n) is 6.06. The number of carbonyl (C=O) groups is 1. The van der Waals surface area contributed by atoms with Crippen molar-refractivity contribution in [1.29, 1.82) is 0 Å². The molecule has 2 rings (SSSR count). The fraction of sp³-hybridized carbons (Fsp3) is 0.188. The van der Waals surface area contributed by atoms with Crippen LogP contribution in [0.3, 0.4) is 0 Å². The van der Waals surface area contributed by atoms with Crippen molar-refractivity contribution in [3.63, 3.8) is 0 Å². The smallest absolute Gasteiger partial charge is 0.141 e. The zero-order chi connectivity index (χ0) is 13.8. The first-order valence-corrected chi connectivity index (χ1v) is 7.23. The number of rotatable bonds is 4. The molecule has 1 nitrogen and oxygen atoms in total. The summed E-state index contributed by atoms with van der Waals surface area (Å²) in [6, 6.07) is 13.6. The predicted molar refractivity (Wildman–Crippen MR) is 82.7 cm³/mol. The molecular formula is C16H14BrClO. The summed E-state index contributed by atoms with van der Waals surface area (Å²) in [5, 5.41) is 0.669. The van der Waals surface area contributed by atoms with Crippen LogP contribution >= 0.6 is 27.5 Å². The second kappa shape index (κ2) is 6.36. The third-order valence-corrected chi connectivity index (χ3v) is 3.73. The summed E-state index contributed by atoms with van der Waals surface area (Å²) < 4.78 is 0.992. The van der Waals surface area contributed by atoms with Gasteiger partial charge in [0.15, 0.2) is 0 Å². The van der Waals surface area contributed by atoms with Gasteiger partial charge < -0.3 is 0 Å². The molecule has 0 N–H and O–H groups in total. The molecule has 0 unspecified atom stereocenters. The minimum absolute atomic E-state index is 0.170. The Balaban J connectivity index is 2.05. The van der Waals surface area contributed by atoms with Gasteiger partial charge in [0.1, 0.15) is 5.78 Å². The number of Topliss-reactive ketones (excluding diaryl/α,β-unsaturated/α-hetero) is 1. The van der Waals surface area contributed by atoms with Crippen LogP contribution in [0.5, 0.6) is 0 Å². The molecule has 98 valence electrons. The van der Waals surface area contributed by atoms with Crippen LogP contribution in [0.1, 0.15) is 16.7 Å². The number of benzene rings is 2. The van der Waals surface area contributed by atoms with E-state index in [-0.39, 0.29) is 5.78 Å². The molecule has 2 aromatic carbocycles. The van der Waals surface area contributed by atoms with Gasteiger partial charge in [-0.15, -0.1) is 0 Å². The minimum Gasteiger partial charge on any atom is -0.299 e. The summed E-state index contributed by atoms with van der Waals surface area (Å²) in [4.78, 5) is 12.1. The standard InChI is InChI=1S/C16H14BrClO/c1-11-5-6-13(16(18)7-11)10-15(19)9-12-3-2-4-14(17)8-12/h2-8H,9-10H2,1H3. The fourth-order valence-electron chi connectivity index (χ4n) is 1.95. The van der Waals surface area contributed by atoms with Crippen molar-refractivity contribution >= 4 is 33.3 Å². The van der Waals surface area contributed by atoms with Crippen LogP contribution in [0, 0.1) is 6.92 Å². The minimum atomic E-state index is 0.170. The van der Waals surface area contributed by atoms with Gasteiger partial charge in [-0.2, -0.15) is 0 Å². The van der Waals surface area contributed by atoms with E-state index in [1.54, 1.807) is 0 Å². The van der Waals surface area contributed by atoms with E-state index >= 15 is 0 Å². The number of carbonyl (C=O) groups excluding carboxylic acids is 1. The lowest BCUT2D eigenvalue weighted by molar-refractivity contribution is -0.117. The molecule has 0 aliphatic rings. The maximum Gasteiger partial charge on any atom is 0.141 e. The summed E-state index contributed by atoms with van der Waals surface area (Å²) in [7, 11) is 0. The SMILES string of the molecule is Cc1ccc(CC(=O)Cc2cccc(Br)c2)c(Cl)c1. The molecule has 0 saturated carbocycles. The van der Waals surface area contributed by atoms with Gasteiger partial charge in [-0.1, -0.05) is 51.8 Å². The predicted octanol–water partition coefficient (Wildman–Crippen LogP) is 4.77. The molecule has 2 aromatic rings. The van der Waals surface area contributed by atoms with Gasteiger partial charge in [-0.05, 0) is 41.8 Å². The Morgan fingerprint density at radius 2 is 1.95 bits per heavy atom. The Kier molecular flexibility index (Phi) is 4.78. The number of aryl methyl sites for hydroxylation is 1. The van der Waals surface area contributed by atoms with Crippen molar-refractivity contribution in [2.45, 2.75) is 19.8 Å². The van der Waals surface area contributed by atoms with Gasteiger partial charge in [0.2, 0.25) is 0 Å². The highest BCUT2D eigenvalue weighted by Crippen LogP contribution is 2.19. The Hall–Kier alpha value is -1.12. The second-order valence-corrected chi connectivity index (χ2v) is 5.94. The van der Waals surface area contributed by atoms with Gasteiger partial charge in [-0.3, -0.25) is 4.79 Å². The third-order valence-electron chi connectivity index (χ3n) is 2.89. The van der Waals surface area contributed by atoms with Crippen molar-refractivity contribution in [3.05, 3.63) is 68.7 Å². The van der Waals surface area contributed by atoms with Gasteiger partial charge in [-0.25, -0.2) is 0 Å². The molecule has 0 spiro atoms. The molecule has 0 aliphatic carbocycles. The molecule has 0 amide bonds. The average molecular weight is 338 g/mol. The van der Waals surface area contributed by atoms with E-state index in [2.05, 4.69) is 15.9 Å². The fourth-order valence-corrected chi connectivity index (χ4v) is 2.69. The summed E-state index contributed by atoms with van der Waals surface area (Å²) in [5.41, 5.74) is 3.02. The summed E-state index contributed by atoms with van der Waals surface area (Å²) in [6.07, 6.45) is 0.815. The van der Waals surface area contributed by atoms with E-state index in [1.165, 1.54) is 0 Å². The van der Waals surface area contributed by atoms with E-state index in [0.717, 1.165) is 21.2 Å². The maximum atomic E-state index is 12.1. The number of ketones is 1. The highest BCUT2D eigenvalue weighted by atomic mass is 79.9. The molecule has 0 radical (unpaired) electrons. The van der Waals surface area contributed by atoms with Crippen LogP contribution in [0.15, 0.2) is 46.9 Å². The molecule has 0 bridgehead atoms. The van der Waals surface area contributed by atoms with Gasteiger partial charge in [0.25, 0.3) is 0 Å². The van der Waals surface area contributed by atoms with E-state index in [9.17, 15) is 4.79 Å². The van der Waals surface area contributed by atoms with Gasteiger partial charge in [0.05, 0.1) is 0 Å². The van der Waals surface area contributed by atoms with Crippen LogP contribution in [0.25, 0.3) is 0 Å². The molecule has 3 heteroatoms. The van der Waals surface area contributed by atoms with E-state index in [1.807, 2.05) is 49.4 Å². The molecule has 0 heterocycles. The highest BCUT2D eigenvalue weighted by Gasteiger charge is 2.08. The Morgan fingerprint density at radius 3 is 2.63 bits per heavy atom. The average Bonchev–Trinajstić information content (AvgIpc) is 2.33. The number of hydrogen-bond donors (Lipinski definition) is 0. The van der Waals surface area contributed by atoms with E-state index in [0.29, 0.717) is 17.9 Å². The van der Waals surface area contributed by atoms with Crippen LogP contribution in [0.2, 0.25) is 5.02 Å². The normalized spacial score (nSPS) is 10.5. The number of halogens is 2. The lowest BCUT2D eigenvalue weighted by Crippen LogP contribution is -2.07. The first kappa shape index (κ1) is 14.3. The molecule has 19 heavy (non-hydrogen) atoms. The van der Waals surface area contributed by atoms with Gasteiger partial charge in [0, 0.05) is 22.3 Å². The van der Waals surface area contributed by atoms with Crippen LogP contribution in [-0.4, -0.2) is 5.78 Å². The maximum absolute atomic E-state index is 12.1. The molecule has 0 aliphatic heterocycles. The summed E-state index contributed by atoms with van der Waals surface area (Å²) >= 11 is 9.55. The molecule has 0 aromatic heterocycles. The van der Waals surface area contributed by atoms with Crippen LogP contribution < -0.4 is 0 Å². The lowest BCUT2D eigenvalue weighted by atomic mass is 10.0. The third kappa shape index (κ3) is 4.19.